The van der Waals surface area contributed by atoms with Gasteiger partial charge in [-0.25, -0.2) is 0 Å². The average Bonchev–Trinajstić information content (AvgIpc) is 3.20. The second-order valence-corrected chi connectivity index (χ2v) is 7.89. The second-order valence-electron chi connectivity index (χ2n) is 7.89. The topological polar surface area (TPSA) is 52.7 Å². The summed E-state index contributed by atoms with van der Waals surface area (Å²) in [6.45, 7) is 7.57. The number of carbonyl (C=O) groups excluding carboxylic acids is 2. The van der Waals surface area contributed by atoms with Crippen LogP contribution in [-0.4, -0.2) is 59.9 Å². The molecule has 1 aliphatic carbocycles. The van der Waals surface area contributed by atoms with Crippen LogP contribution in [0.1, 0.15) is 52.4 Å². The SMILES string of the molecule is CC(C)[C@H]1CN(C2CCCC2)C[C@@H]1NC(=O)CN1CCCC1=O.Cl. The van der Waals surface area contributed by atoms with E-state index in [0.717, 1.165) is 32.1 Å². The molecule has 138 valence electrons. The smallest absolute Gasteiger partial charge is 0.239 e. The van der Waals surface area contributed by atoms with E-state index >= 15 is 0 Å². The fraction of sp³-hybridized carbons (Fsp3) is 0.889. The monoisotopic (exact) mass is 357 g/mol. The van der Waals surface area contributed by atoms with Gasteiger partial charge in [0.25, 0.3) is 0 Å². The van der Waals surface area contributed by atoms with Gasteiger partial charge in [0.15, 0.2) is 0 Å². The van der Waals surface area contributed by atoms with Crippen molar-refractivity contribution in [2.24, 2.45) is 11.8 Å². The van der Waals surface area contributed by atoms with Gasteiger partial charge in [-0.3, -0.25) is 14.5 Å². The number of likely N-dealkylation sites (tertiary alicyclic amines) is 2. The van der Waals surface area contributed by atoms with E-state index in [0.29, 0.717) is 18.3 Å². The molecule has 2 atom stereocenters. The third-order valence-corrected chi connectivity index (χ3v) is 5.94. The van der Waals surface area contributed by atoms with E-state index in [2.05, 4.69) is 24.1 Å². The minimum atomic E-state index is 0. The maximum absolute atomic E-state index is 12.4. The van der Waals surface area contributed by atoms with Crippen molar-refractivity contribution >= 4 is 24.2 Å². The standard InChI is InChI=1S/C18H31N3O2.ClH/c1-13(2)15-10-21(14-6-3-4-7-14)11-16(15)19-17(22)12-20-9-5-8-18(20)23;/h13-16H,3-12H2,1-2H3,(H,19,22);1H/t15-,16+;/m1./s1. The molecule has 5 nitrogen and oxygen atoms in total. The molecule has 2 amide bonds. The van der Waals surface area contributed by atoms with Gasteiger partial charge < -0.3 is 10.2 Å². The third-order valence-electron chi connectivity index (χ3n) is 5.94. The van der Waals surface area contributed by atoms with Crippen molar-refractivity contribution < 1.29 is 9.59 Å². The molecular formula is C18H32ClN3O2. The van der Waals surface area contributed by atoms with E-state index in [4.69, 9.17) is 0 Å². The van der Waals surface area contributed by atoms with Gasteiger partial charge >= 0.3 is 0 Å². The molecule has 2 aliphatic heterocycles. The molecular weight excluding hydrogens is 326 g/mol. The first-order valence-corrected chi connectivity index (χ1v) is 9.36. The van der Waals surface area contributed by atoms with Gasteiger partial charge in [-0.05, 0) is 31.1 Å². The van der Waals surface area contributed by atoms with Crippen LogP contribution in [0.15, 0.2) is 0 Å². The average molecular weight is 358 g/mol. The highest BCUT2D eigenvalue weighted by molar-refractivity contribution is 5.86. The van der Waals surface area contributed by atoms with E-state index in [1.807, 2.05) is 0 Å². The molecule has 0 aromatic rings. The molecule has 0 radical (unpaired) electrons. The lowest BCUT2D eigenvalue weighted by molar-refractivity contribution is -0.133. The van der Waals surface area contributed by atoms with E-state index in [1.54, 1.807) is 4.90 Å². The zero-order valence-electron chi connectivity index (χ0n) is 15.0. The van der Waals surface area contributed by atoms with E-state index in [9.17, 15) is 9.59 Å². The summed E-state index contributed by atoms with van der Waals surface area (Å²) in [5.74, 6) is 1.23. The van der Waals surface area contributed by atoms with Crippen LogP contribution in [0.25, 0.3) is 0 Å². The van der Waals surface area contributed by atoms with Gasteiger partial charge in [0.2, 0.25) is 11.8 Å². The maximum atomic E-state index is 12.4. The summed E-state index contributed by atoms with van der Waals surface area (Å²) in [7, 11) is 0. The minimum Gasteiger partial charge on any atom is -0.350 e. The number of hydrogen-bond acceptors (Lipinski definition) is 3. The van der Waals surface area contributed by atoms with Crippen LogP contribution in [0.3, 0.4) is 0 Å². The van der Waals surface area contributed by atoms with Crippen molar-refractivity contribution in [3.05, 3.63) is 0 Å². The van der Waals surface area contributed by atoms with Crippen molar-refractivity contribution in [3.8, 4) is 0 Å². The molecule has 3 aliphatic rings. The molecule has 0 spiro atoms. The summed E-state index contributed by atoms with van der Waals surface area (Å²) in [4.78, 5) is 28.4. The molecule has 0 aromatic heterocycles. The molecule has 3 fully saturated rings. The van der Waals surface area contributed by atoms with E-state index in [-0.39, 0.29) is 36.8 Å². The van der Waals surface area contributed by atoms with Crippen molar-refractivity contribution in [1.29, 1.82) is 0 Å². The molecule has 6 heteroatoms. The molecule has 2 heterocycles. The van der Waals surface area contributed by atoms with Crippen LogP contribution in [0.4, 0.5) is 0 Å². The highest BCUT2D eigenvalue weighted by Gasteiger charge is 2.39. The van der Waals surface area contributed by atoms with Crippen molar-refractivity contribution in [3.63, 3.8) is 0 Å². The van der Waals surface area contributed by atoms with Gasteiger partial charge in [0.1, 0.15) is 0 Å². The fourth-order valence-corrected chi connectivity index (χ4v) is 4.55. The molecule has 0 aromatic carbocycles. The Labute approximate surface area is 151 Å². The molecule has 1 N–H and O–H groups in total. The molecule has 1 saturated carbocycles. The van der Waals surface area contributed by atoms with Crippen molar-refractivity contribution in [1.82, 2.24) is 15.1 Å². The number of nitrogens with one attached hydrogen (secondary N) is 1. The summed E-state index contributed by atoms with van der Waals surface area (Å²) in [5, 5.41) is 3.24. The Balaban J connectivity index is 0.00000208. The summed E-state index contributed by atoms with van der Waals surface area (Å²) >= 11 is 0. The number of amides is 2. The number of carbonyl (C=O) groups is 2. The van der Waals surface area contributed by atoms with Gasteiger partial charge in [-0.15, -0.1) is 12.4 Å². The molecule has 3 rings (SSSR count). The number of hydrogen-bond donors (Lipinski definition) is 1. The first-order chi connectivity index (χ1) is 11.0. The highest BCUT2D eigenvalue weighted by atomic mass is 35.5. The zero-order chi connectivity index (χ0) is 16.4. The quantitative estimate of drug-likeness (QED) is 0.819. The Bertz CT molecular complexity index is 452. The van der Waals surface area contributed by atoms with E-state index < -0.39 is 0 Å². The Kier molecular flexibility index (Phi) is 6.93. The number of rotatable bonds is 5. The molecule has 0 bridgehead atoms. The first kappa shape index (κ1) is 19.5. The highest BCUT2D eigenvalue weighted by Crippen LogP contribution is 2.31. The van der Waals surface area contributed by atoms with Crippen LogP contribution in [-0.2, 0) is 9.59 Å². The van der Waals surface area contributed by atoms with Crippen LogP contribution < -0.4 is 5.32 Å². The lowest BCUT2D eigenvalue weighted by Crippen LogP contribution is -2.46. The van der Waals surface area contributed by atoms with Gasteiger partial charge in [-0.2, -0.15) is 0 Å². The lowest BCUT2D eigenvalue weighted by atomic mass is 9.91. The Morgan fingerprint density at radius 1 is 1.21 bits per heavy atom. The number of nitrogens with zero attached hydrogens (tertiary/aromatic N) is 2. The normalized spacial score (nSPS) is 28.6. The van der Waals surface area contributed by atoms with Crippen molar-refractivity contribution in [2.45, 2.75) is 64.5 Å². The van der Waals surface area contributed by atoms with Gasteiger partial charge in [0.05, 0.1) is 6.54 Å². The second kappa shape index (κ2) is 8.52. The minimum absolute atomic E-state index is 0. The largest absolute Gasteiger partial charge is 0.350 e. The zero-order valence-corrected chi connectivity index (χ0v) is 15.8. The predicted molar refractivity (Wildman–Crippen MR) is 97.1 cm³/mol. The molecule has 24 heavy (non-hydrogen) atoms. The van der Waals surface area contributed by atoms with Gasteiger partial charge in [-0.1, -0.05) is 26.7 Å². The summed E-state index contributed by atoms with van der Waals surface area (Å²) in [5.41, 5.74) is 0. The van der Waals surface area contributed by atoms with Crippen LogP contribution in [0.2, 0.25) is 0 Å². The van der Waals surface area contributed by atoms with E-state index in [1.165, 1.54) is 25.7 Å². The molecule has 0 unspecified atom stereocenters. The van der Waals surface area contributed by atoms with Crippen molar-refractivity contribution in [2.75, 3.05) is 26.2 Å². The Morgan fingerprint density at radius 3 is 2.50 bits per heavy atom. The predicted octanol–water partition coefficient (Wildman–Crippen LogP) is 2.05. The maximum Gasteiger partial charge on any atom is 0.239 e. The lowest BCUT2D eigenvalue weighted by Gasteiger charge is -2.24. The fourth-order valence-electron chi connectivity index (χ4n) is 4.55. The number of halogens is 1. The first-order valence-electron chi connectivity index (χ1n) is 9.36. The van der Waals surface area contributed by atoms with Crippen LogP contribution in [0, 0.1) is 11.8 Å². The Morgan fingerprint density at radius 2 is 1.92 bits per heavy atom. The summed E-state index contributed by atoms with van der Waals surface area (Å²) in [6.07, 6.45) is 6.81. The van der Waals surface area contributed by atoms with Crippen LogP contribution in [0.5, 0.6) is 0 Å². The summed E-state index contributed by atoms with van der Waals surface area (Å²) < 4.78 is 0. The third kappa shape index (κ3) is 4.42. The van der Waals surface area contributed by atoms with Gasteiger partial charge in [0, 0.05) is 38.1 Å². The molecule has 2 saturated heterocycles. The van der Waals surface area contributed by atoms with Crippen LogP contribution >= 0.6 is 12.4 Å². The summed E-state index contributed by atoms with van der Waals surface area (Å²) in [6, 6.07) is 0.958. The Hall–Kier alpha value is -0.810.